The van der Waals surface area contributed by atoms with E-state index >= 15 is 0 Å². The van der Waals surface area contributed by atoms with Gasteiger partial charge in [-0.1, -0.05) is 0 Å². The Labute approximate surface area is 139 Å². The quantitative estimate of drug-likeness (QED) is 0.452. The number of anilines is 1. The molecule has 117 valence electrons. The van der Waals surface area contributed by atoms with Gasteiger partial charge >= 0.3 is 139 Å². The van der Waals surface area contributed by atoms with E-state index < -0.39 is 20.6 Å². The third-order valence-corrected chi connectivity index (χ3v) is 4.25. The third kappa shape index (κ3) is 4.36. The molecule has 0 aliphatic rings. The van der Waals surface area contributed by atoms with E-state index in [4.69, 9.17) is 14.4 Å². The van der Waals surface area contributed by atoms with Crippen molar-refractivity contribution >= 4 is 25.7 Å². The number of non-ortho nitro benzene ring substituents is 1. The molecule has 0 unspecified atom stereocenters. The summed E-state index contributed by atoms with van der Waals surface area (Å²) in [6, 6.07) is 12.4. The van der Waals surface area contributed by atoms with Gasteiger partial charge in [-0.3, -0.25) is 0 Å². The van der Waals surface area contributed by atoms with E-state index in [2.05, 4.69) is 5.32 Å². The molecule has 0 heterocycles. The summed E-state index contributed by atoms with van der Waals surface area (Å²) in [5.74, 6) is 0.793. The molecule has 2 aromatic carbocycles. The molecule has 0 bridgehead atoms. The maximum atomic E-state index is 10.8. The van der Waals surface area contributed by atoms with E-state index in [9.17, 15) is 10.1 Å². The first-order valence-corrected chi connectivity index (χ1v) is 9.59. The van der Waals surface area contributed by atoms with Gasteiger partial charge in [0.25, 0.3) is 0 Å². The Kier molecular flexibility index (Phi) is 6.04. The molecule has 0 radical (unpaired) electrons. The monoisotopic (exact) mass is 407 g/mol. The van der Waals surface area contributed by atoms with Gasteiger partial charge in [0, 0.05) is 0 Å². The zero-order chi connectivity index (χ0) is 15.9. The number of hydrogen-bond acceptors (Lipinski definition) is 4. The topological polar surface area (TPSA) is 64.4 Å². The van der Waals surface area contributed by atoms with E-state index in [1.54, 1.807) is 19.2 Å². The molecule has 0 fully saturated rings. The Bertz CT molecular complexity index is 690. The number of nitro groups is 1. The van der Waals surface area contributed by atoms with Crippen molar-refractivity contribution in [3.63, 3.8) is 0 Å². The first kappa shape index (κ1) is 16.6. The first-order valence-electron chi connectivity index (χ1n) is 6.34. The molecule has 2 rings (SSSR count). The number of halogens is 1. The molecule has 0 saturated heterocycles. The molecule has 0 aromatic heterocycles. The second kappa shape index (κ2) is 8.01. The number of nitro benzene ring substituents is 1. The third-order valence-electron chi connectivity index (χ3n) is 3.06. The van der Waals surface area contributed by atoms with Gasteiger partial charge in [-0.15, -0.1) is 0 Å². The van der Waals surface area contributed by atoms with Crippen LogP contribution in [-0.4, -0.2) is 16.6 Å². The van der Waals surface area contributed by atoms with Gasteiger partial charge in [0.15, 0.2) is 0 Å². The summed E-state index contributed by atoms with van der Waals surface area (Å²) >= 11 is -0.447. The molecule has 2 aromatic rings. The summed E-state index contributed by atoms with van der Waals surface area (Å²) in [5.41, 5.74) is 2.80. The first-order chi connectivity index (χ1) is 10.6. The molecule has 7 heteroatoms. The summed E-state index contributed by atoms with van der Waals surface area (Å²) in [6.45, 7) is 0.563. The van der Waals surface area contributed by atoms with Gasteiger partial charge in [-0.25, -0.2) is 0 Å². The SMILES string of the molecule is COc1ccc(NCc2ccc([N+](=O)[O-])cc2[CH]=[Ru][Cl])cc1. The summed E-state index contributed by atoms with van der Waals surface area (Å²) in [7, 11) is 7.44. The molecule has 0 saturated carbocycles. The number of nitrogens with one attached hydrogen (secondary N) is 1. The molecule has 0 aliphatic heterocycles. The Morgan fingerprint density at radius 2 is 2.05 bits per heavy atom. The van der Waals surface area contributed by atoms with Crippen LogP contribution in [0.15, 0.2) is 42.5 Å². The van der Waals surface area contributed by atoms with Crippen LogP contribution >= 0.6 is 9.69 Å². The minimum absolute atomic E-state index is 0.0742. The van der Waals surface area contributed by atoms with Gasteiger partial charge in [-0.05, 0) is 0 Å². The predicted molar refractivity (Wildman–Crippen MR) is 84.4 cm³/mol. The van der Waals surface area contributed by atoms with Crippen LogP contribution in [0.5, 0.6) is 5.75 Å². The fraction of sp³-hybridized carbons (Fsp3) is 0.133. The van der Waals surface area contributed by atoms with E-state index in [0.29, 0.717) is 6.54 Å². The minimum atomic E-state index is -0.447. The Morgan fingerprint density at radius 3 is 2.64 bits per heavy atom. The molecule has 1 N–H and O–H groups in total. The van der Waals surface area contributed by atoms with Crippen molar-refractivity contribution < 1.29 is 25.3 Å². The van der Waals surface area contributed by atoms with Crippen molar-refractivity contribution in [2.45, 2.75) is 6.54 Å². The molecular weight excluding hydrogens is 393 g/mol. The number of hydrogen-bond donors (Lipinski definition) is 1. The zero-order valence-corrected chi connectivity index (χ0v) is 14.2. The van der Waals surface area contributed by atoms with Crippen LogP contribution in [0.3, 0.4) is 0 Å². The molecule has 0 spiro atoms. The standard InChI is InChI=1S/C15H14N2O3.ClH.Ru/c1-11-9-14(17(18)19)6-3-12(11)10-16-13-4-7-15(20-2)8-5-13;;/h1,3-9,16H,10H2,2H3;1H;/q;;+1/p-1. The van der Waals surface area contributed by atoms with Gasteiger partial charge in [0.05, 0.1) is 0 Å². The summed E-state index contributed by atoms with van der Waals surface area (Å²) < 4.78 is 6.96. The van der Waals surface area contributed by atoms with Crippen LogP contribution in [0, 0.1) is 10.1 Å². The van der Waals surface area contributed by atoms with Crippen LogP contribution in [0.1, 0.15) is 11.1 Å². The Hall–Kier alpha value is -1.78. The van der Waals surface area contributed by atoms with Crippen LogP contribution in [0.4, 0.5) is 11.4 Å². The summed E-state index contributed by atoms with van der Waals surface area (Å²) in [4.78, 5) is 10.4. The number of nitrogens with zero attached hydrogens (tertiary/aromatic N) is 1. The summed E-state index contributed by atoms with van der Waals surface area (Å²) in [6.07, 6.45) is 0. The van der Waals surface area contributed by atoms with E-state index in [-0.39, 0.29) is 5.69 Å². The van der Waals surface area contributed by atoms with Gasteiger partial charge in [0.2, 0.25) is 0 Å². The predicted octanol–water partition coefficient (Wildman–Crippen LogP) is 3.60. The number of rotatable bonds is 6. The second-order valence-electron chi connectivity index (χ2n) is 4.40. The normalized spacial score (nSPS) is 11.0. The van der Waals surface area contributed by atoms with Crippen molar-refractivity contribution in [3.05, 3.63) is 63.7 Å². The Balaban J connectivity index is 2.15. The zero-order valence-electron chi connectivity index (χ0n) is 11.7. The molecule has 0 atom stereocenters. The molecule has 0 aliphatic carbocycles. The molecule has 5 nitrogen and oxygen atoms in total. The fourth-order valence-corrected chi connectivity index (χ4v) is 3.06. The van der Waals surface area contributed by atoms with Crippen LogP contribution < -0.4 is 10.1 Å². The van der Waals surface area contributed by atoms with Crippen LogP contribution in [-0.2, 0) is 22.2 Å². The maximum absolute atomic E-state index is 10.8. The van der Waals surface area contributed by atoms with Crippen molar-refractivity contribution in [1.29, 1.82) is 0 Å². The average Bonchev–Trinajstić information content (AvgIpc) is 2.54. The average molecular weight is 407 g/mol. The number of ether oxygens (including phenoxy) is 1. The van der Waals surface area contributed by atoms with Crippen LogP contribution in [0.2, 0.25) is 0 Å². The van der Waals surface area contributed by atoms with Gasteiger partial charge < -0.3 is 0 Å². The van der Waals surface area contributed by atoms with Gasteiger partial charge in [-0.2, -0.15) is 0 Å². The molecular formula is C15H14ClN2O3Ru. The van der Waals surface area contributed by atoms with E-state index in [1.165, 1.54) is 6.07 Å². The van der Waals surface area contributed by atoms with Crippen LogP contribution in [0.25, 0.3) is 0 Å². The molecule has 22 heavy (non-hydrogen) atoms. The second-order valence-corrected chi connectivity index (χ2v) is 6.20. The van der Waals surface area contributed by atoms with E-state index in [0.717, 1.165) is 22.6 Å². The van der Waals surface area contributed by atoms with Crippen molar-refractivity contribution in [3.8, 4) is 5.75 Å². The number of methoxy groups -OCH3 is 1. The Morgan fingerprint density at radius 1 is 1.32 bits per heavy atom. The van der Waals surface area contributed by atoms with Crippen molar-refractivity contribution in [2.75, 3.05) is 12.4 Å². The fourth-order valence-electron chi connectivity index (χ4n) is 1.90. The summed E-state index contributed by atoms with van der Waals surface area (Å²) in [5, 5.41) is 14.1. The van der Waals surface area contributed by atoms with Crippen molar-refractivity contribution in [1.82, 2.24) is 0 Å². The van der Waals surface area contributed by atoms with E-state index in [1.807, 2.05) is 28.9 Å². The van der Waals surface area contributed by atoms with Gasteiger partial charge in [0.1, 0.15) is 0 Å². The van der Waals surface area contributed by atoms with Crippen molar-refractivity contribution in [2.24, 2.45) is 0 Å². The number of benzene rings is 2. The molecule has 0 amide bonds.